The highest BCUT2D eigenvalue weighted by Gasteiger charge is 2.16. The molecule has 1 aliphatic heterocycles. The molecule has 3 rings (SSSR count). The van der Waals surface area contributed by atoms with Crippen molar-refractivity contribution in [2.75, 3.05) is 36.4 Å². The molecule has 1 saturated heterocycles. The number of rotatable bonds is 8. The molecular weight excluding hydrogens is 349 g/mol. The first kappa shape index (κ1) is 18.9. The maximum absolute atomic E-state index is 13.6. The molecule has 1 unspecified atom stereocenters. The number of amides is 1. The molecule has 0 saturated carbocycles. The van der Waals surface area contributed by atoms with E-state index >= 15 is 0 Å². The fourth-order valence-electron chi connectivity index (χ4n) is 2.90. The third-order valence-electron chi connectivity index (χ3n) is 4.35. The number of carbonyl (C=O) groups excluding carboxylic acids is 1. The van der Waals surface area contributed by atoms with E-state index in [9.17, 15) is 9.18 Å². The summed E-state index contributed by atoms with van der Waals surface area (Å²) in [5, 5.41) is 14.0. The van der Waals surface area contributed by atoms with Crippen molar-refractivity contribution in [2.45, 2.75) is 25.9 Å². The quantitative estimate of drug-likeness (QED) is 0.691. The van der Waals surface area contributed by atoms with Crippen molar-refractivity contribution in [3.05, 3.63) is 42.3 Å². The topological polar surface area (TPSA) is 79.4 Å². The summed E-state index contributed by atoms with van der Waals surface area (Å²) in [6.45, 7) is 4.55. The zero-order chi connectivity index (χ0) is 19.1. The Kier molecular flexibility index (Phi) is 6.40. The Labute approximate surface area is 157 Å². The predicted molar refractivity (Wildman–Crippen MR) is 101 cm³/mol. The minimum atomic E-state index is -0.791. The van der Waals surface area contributed by atoms with E-state index in [1.165, 1.54) is 25.0 Å². The van der Waals surface area contributed by atoms with Gasteiger partial charge in [0.1, 0.15) is 0 Å². The largest absolute Gasteiger partial charge is 0.478 e. The number of aromatic nitrogens is 2. The van der Waals surface area contributed by atoms with Gasteiger partial charge >= 0.3 is 0 Å². The highest BCUT2D eigenvalue weighted by atomic mass is 19.1. The zero-order valence-electron chi connectivity index (χ0n) is 15.3. The molecule has 2 aromatic rings. The number of ether oxygens (including phenoxy) is 1. The van der Waals surface area contributed by atoms with E-state index in [-0.39, 0.29) is 11.7 Å². The van der Waals surface area contributed by atoms with Crippen molar-refractivity contribution < 1.29 is 13.9 Å². The second-order valence-corrected chi connectivity index (χ2v) is 6.40. The smallest absolute Gasteiger partial charge is 0.260 e. The van der Waals surface area contributed by atoms with Gasteiger partial charge in [-0.1, -0.05) is 12.1 Å². The maximum atomic E-state index is 13.6. The van der Waals surface area contributed by atoms with Crippen LogP contribution in [0.2, 0.25) is 0 Å². The third-order valence-corrected chi connectivity index (χ3v) is 4.35. The normalized spacial score (nSPS) is 14.7. The number of halogens is 1. The molecule has 144 valence electrons. The number of anilines is 2. The van der Waals surface area contributed by atoms with Gasteiger partial charge in [-0.2, -0.15) is 5.10 Å². The number of para-hydroxylation sites is 1. The maximum Gasteiger partial charge on any atom is 0.260 e. The Morgan fingerprint density at radius 3 is 2.85 bits per heavy atom. The third kappa shape index (κ3) is 5.29. The average molecular weight is 373 g/mol. The molecule has 1 amide bonds. The van der Waals surface area contributed by atoms with Gasteiger partial charge in [-0.15, -0.1) is 5.10 Å². The molecule has 2 heterocycles. The first-order valence-corrected chi connectivity index (χ1v) is 9.14. The lowest BCUT2D eigenvalue weighted by atomic mass is 10.3. The SMILES string of the molecule is CC(Oc1ccccc1F)C(=O)NCCNc1cc(N2CCCC2)cnn1. The number of hydrogen-bond donors (Lipinski definition) is 2. The van der Waals surface area contributed by atoms with Crippen LogP contribution in [0.4, 0.5) is 15.9 Å². The van der Waals surface area contributed by atoms with Crippen LogP contribution in [0.5, 0.6) is 5.75 Å². The van der Waals surface area contributed by atoms with Crippen molar-refractivity contribution in [3.8, 4) is 5.75 Å². The lowest BCUT2D eigenvalue weighted by Gasteiger charge is -2.17. The molecule has 0 spiro atoms. The average Bonchev–Trinajstić information content (AvgIpc) is 3.22. The van der Waals surface area contributed by atoms with Gasteiger partial charge < -0.3 is 20.3 Å². The van der Waals surface area contributed by atoms with Crippen LogP contribution >= 0.6 is 0 Å². The second kappa shape index (κ2) is 9.16. The van der Waals surface area contributed by atoms with Crippen LogP contribution in [-0.2, 0) is 4.79 Å². The second-order valence-electron chi connectivity index (χ2n) is 6.40. The van der Waals surface area contributed by atoms with Gasteiger partial charge in [0, 0.05) is 32.2 Å². The van der Waals surface area contributed by atoms with Crippen LogP contribution in [0.15, 0.2) is 36.5 Å². The summed E-state index contributed by atoms with van der Waals surface area (Å²) in [6, 6.07) is 7.97. The summed E-state index contributed by atoms with van der Waals surface area (Å²) in [6.07, 6.45) is 3.37. The zero-order valence-corrected chi connectivity index (χ0v) is 15.3. The minimum Gasteiger partial charge on any atom is -0.478 e. The van der Waals surface area contributed by atoms with Gasteiger partial charge in [-0.05, 0) is 31.9 Å². The van der Waals surface area contributed by atoms with Crippen LogP contribution in [-0.4, -0.2) is 48.4 Å². The van der Waals surface area contributed by atoms with E-state index in [0.29, 0.717) is 18.9 Å². The molecule has 1 atom stereocenters. The first-order chi connectivity index (χ1) is 13.1. The monoisotopic (exact) mass is 373 g/mol. The van der Waals surface area contributed by atoms with E-state index in [2.05, 4.69) is 25.7 Å². The van der Waals surface area contributed by atoms with E-state index in [4.69, 9.17) is 4.74 Å². The van der Waals surface area contributed by atoms with Gasteiger partial charge in [0.05, 0.1) is 11.9 Å². The van der Waals surface area contributed by atoms with Crippen LogP contribution < -0.4 is 20.3 Å². The summed E-state index contributed by atoms with van der Waals surface area (Å²) >= 11 is 0. The molecule has 2 N–H and O–H groups in total. The summed E-state index contributed by atoms with van der Waals surface area (Å²) in [5.41, 5.74) is 1.06. The Morgan fingerprint density at radius 2 is 2.07 bits per heavy atom. The summed E-state index contributed by atoms with van der Waals surface area (Å²) in [4.78, 5) is 14.4. The molecule has 7 nitrogen and oxygen atoms in total. The first-order valence-electron chi connectivity index (χ1n) is 9.14. The van der Waals surface area contributed by atoms with Crippen LogP contribution in [0.25, 0.3) is 0 Å². The van der Waals surface area contributed by atoms with Gasteiger partial charge in [0.25, 0.3) is 5.91 Å². The number of benzene rings is 1. The van der Waals surface area contributed by atoms with E-state index in [0.717, 1.165) is 18.8 Å². The molecule has 1 fully saturated rings. The van der Waals surface area contributed by atoms with Gasteiger partial charge in [-0.25, -0.2) is 4.39 Å². The molecule has 1 aromatic carbocycles. The van der Waals surface area contributed by atoms with Crippen molar-refractivity contribution >= 4 is 17.4 Å². The molecular formula is C19H24FN5O2. The molecule has 0 radical (unpaired) electrons. The Morgan fingerprint density at radius 1 is 1.30 bits per heavy atom. The molecule has 8 heteroatoms. The summed E-state index contributed by atoms with van der Waals surface area (Å²) in [7, 11) is 0. The highest BCUT2D eigenvalue weighted by Crippen LogP contribution is 2.20. The Hall–Kier alpha value is -2.90. The molecule has 0 bridgehead atoms. The molecule has 0 aliphatic carbocycles. The van der Waals surface area contributed by atoms with Crippen molar-refractivity contribution in [1.82, 2.24) is 15.5 Å². The molecule has 27 heavy (non-hydrogen) atoms. The lowest BCUT2D eigenvalue weighted by Crippen LogP contribution is -2.38. The molecule has 1 aromatic heterocycles. The van der Waals surface area contributed by atoms with E-state index in [1.54, 1.807) is 25.3 Å². The standard InChI is InChI=1S/C19H24FN5O2/c1-14(27-17-7-3-2-6-16(17)20)19(26)22-9-8-21-18-12-15(13-23-24-18)25-10-4-5-11-25/h2-3,6-7,12-14H,4-5,8-11H2,1H3,(H,21,24)(H,22,26). The van der Waals surface area contributed by atoms with E-state index < -0.39 is 11.9 Å². The summed E-state index contributed by atoms with van der Waals surface area (Å²) < 4.78 is 18.9. The lowest BCUT2D eigenvalue weighted by molar-refractivity contribution is -0.127. The van der Waals surface area contributed by atoms with Crippen LogP contribution in [0.1, 0.15) is 19.8 Å². The van der Waals surface area contributed by atoms with Crippen molar-refractivity contribution in [3.63, 3.8) is 0 Å². The van der Waals surface area contributed by atoms with E-state index in [1.807, 2.05) is 6.07 Å². The fraction of sp³-hybridized carbons (Fsp3) is 0.421. The van der Waals surface area contributed by atoms with Crippen LogP contribution in [0, 0.1) is 5.82 Å². The Balaban J connectivity index is 1.41. The Bertz CT molecular complexity index is 767. The summed E-state index contributed by atoms with van der Waals surface area (Å²) in [5.74, 6) is -0.0659. The number of carbonyl (C=O) groups is 1. The number of hydrogen-bond acceptors (Lipinski definition) is 6. The fourth-order valence-corrected chi connectivity index (χ4v) is 2.90. The van der Waals surface area contributed by atoms with Crippen molar-refractivity contribution in [1.29, 1.82) is 0 Å². The molecule has 1 aliphatic rings. The van der Waals surface area contributed by atoms with Gasteiger partial charge in [0.15, 0.2) is 23.5 Å². The van der Waals surface area contributed by atoms with Gasteiger partial charge in [0.2, 0.25) is 0 Å². The van der Waals surface area contributed by atoms with Crippen molar-refractivity contribution in [2.24, 2.45) is 0 Å². The predicted octanol–water partition coefficient (Wildman–Crippen LogP) is 2.21. The number of nitrogens with zero attached hydrogens (tertiary/aromatic N) is 3. The number of nitrogens with one attached hydrogen (secondary N) is 2. The highest BCUT2D eigenvalue weighted by molar-refractivity contribution is 5.80. The minimum absolute atomic E-state index is 0.0623. The van der Waals surface area contributed by atoms with Crippen LogP contribution in [0.3, 0.4) is 0 Å². The van der Waals surface area contributed by atoms with Gasteiger partial charge in [-0.3, -0.25) is 4.79 Å².